The van der Waals surface area contributed by atoms with Gasteiger partial charge in [0.05, 0.1) is 12.1 Å². The van der Waals surface area contributed by atoms with Gasteiger partial charge in [-0.2, -0.15) is 0 Å². The van der Waals surface area contributed by atoms with Crippen LogP contribution in [0.5, 0.6) is 0 Å². The summed E-state index contributed by atoms with van der Waals surface area (Å²) in [6.45, 7) is 20.5. The molecule has 0 aromatic heterocycles. The summed E-state index contributed by atoms with van der Waals surface area (Å²) in [5.74, 6) is -2.67. The molecule has 1 unspecified atom stereocenters. The van der Waals surface area contributed by atoms with Gasteiger partial charge in [-0.1, -0.05) is 55.4 Å². The SMILES string of the molecule is CC(C)C[C@H]1NC(=O)[C@@H](C)N(C)C(=O)[C@H](C)N(C)C(=O)[C@H](C2[C@@H](C)[C@@H]2C)NC(=O)[C@H](CC(C)C)N(C)C(=O)[C@H](C)N(C)C(O)[C@@H](CC(C)C)NC1=O. The minimum Gasteiger partial charge on any atom is -0.376 e. The number of hydrogen-bond donors (Lipinski definition) is 4. The van der Waals surface area contributed by atoms with Gasteiger partial charge in [0, 0.05) is 21.1 Å². The Morgan fingerprint density at radius 1 is 0.558 bits per heavy atom. The molecule has 1 saturated heterocycles. The highest BCUT2D eigenvalue weighted by molar-refractivity contribution is 5.96. The molecule has 1 aliphatic carbocycles. The third-order valence-corrected chi connectivity index (χ3v) is 11.4. The lowest BCUT2D eigenvalue weighted by molar-refractivity contribution is -0.149. The van der Waals surface area contributed by atoms with Gasteiger partial charge in [-0.25, -0.2) is 0 Å². The van der Waals surface area contributed by atoms with Crippen LogP contribution in [0.2, 0.25) is 0 Å². The second-order valence-corrected chi connectivity index (χ2v) is 16.8. The van der Waals surface area contributed by atoms with Crippen molar-refractivity contribution in [2.45, 2.75) is 144 Å². The van der Waals surface area contributed by atoms with Crippen molar-refractivity contribution in [2.24, 2.45) is 35.5 Å². The number of carbonyl (C=O) groups excluding carboxylic acids is 6. The first kappa shape index (κ1) is 44.9. The van der Waals surface area contributed by atoms with Crippen molar-refractivity contribution < 1.29 is 33.9 Å². The van der Waals surface area contributed by atoms with Crippen molar-refractivity contribution in [1.82, 2.24) is 35.6 Å². The van der Waals surface area contributed by atoms with Gasteiger partial charge in [-0.05, 0) is 82.6 Å². The number of likely N-dealkylation sites (N-methyl/N-ethyl adjacent to an activating group) is 4. The summed E-state index contributed by atoms with van der Waals surface area (Å²) in [4.78, 5) is 89.1. The Bertz CT molecular complexity index is 1280. The fourth-order valence-corrected chi connectivity index (χ4v) is 7.18. The molecule has 6 amide bonds. The molecule has 1 saturated carbocycles. The number of aliphatic hydroxyl groups is 1. The fraction of sp³-hybridized carbons (Fsp3) is 0.842. The van der Waals surface area contributed by atoms with Gasteiger partial charge in [0.25, 0.3) is 0 Å². The molecule has 0 aromatic rings. The van der Waals surface area contributed by atoms with E-state index in [4.69, 9.17) is 0 Å². The van der Waals surface area contributed by atoms with Crippen molar-refractivity contribution in [2.75, 3.05) is 28.2 Å². The maximum atomic E-state index is 14.2. The third-order valence-electron chi connectivity index (χ3n) is 11.4. The standard InChI is InChI=1S/C38H69N7O7/c1-19(2)16-27-33(47)40-28(17-20(3)4)37(51)43(13)26(11)36(50)45(15)29(18-21(5)6)34(48)41-31(30-22(7)23(30)8)38(52)44(14)25(10)35(49)42(12)24(9)32(46)39-27/h19-31,37,51H,16-18H2,1-15H3,(H,39,46)(H,40,47)(H,41,48)/t22-,23-,24+,25-,26-,27+,28+,29-,31-,37?/m0/s1. The topological polar surface area (TPSA) is 172 Å². The molecule has 298 valence electrons. The van der Waals surface area contributed by atoms with Gasteiger partial charge >= 0.3 is 0 Å². The minimum absolute atomic E-state index is 0.0177. The van der Waals surface area contributed by atoms with Crippen LogP contribution in [0.15, 0.2) is 0 Å². The zero-order valence-corrected chi connectivity index (χ0v) is 34.4. The van der Waals surface area contributed by atoms with Crippen LogP contribution < -0.4 is 16.0 Å². The highest BCUT2D eigenvalue weighted by atomic mass is 16.3. The highest BCUT2D eigenvalue weighted by Gasteiger charge is 2.53. The van der Waals surface area contributed by atoms with Crippen LogP contribution in [-0.2, 0) is 28.8 Å². The number of aliphatic hydroxyl groups excluding tert-OH is 1. The summed E-state index contributed by atoms with van der Waals surface area (Å²) in [7, 11) is 6.14. The van der Waals surface area contributed by atoms with Gasteiger partial charge < -0.3 is 35.8 Å². The summed E-state index contributed by atoms with van der Waals surface area (Å²) >= 11 is 0. The van der Waals surface area contributed by atoms with Crippen LogP contribution in [0.25, 0.3) is 0 Å². The summed E-state index contributed by atoms with van der Waals surface area (Å²) in [6, 6.07) is -6.51. The molecule has 0 spiro atoms. The largest absolute Gasteiger partial charge is 0.376 e. The van der Waals surface area contributed by atoms with E-state index in [1.807, 2.05) is 55.4 Å². The smallest absolute Gasteiger partial charge is 0.245 e. The Morgan fingerprint density at radius 3 is 1.52 bits per heavy atom. The van der Waals surface area contributed by atoms with Crippen LogP contribution >= 0.6 is 0 Å². The molecule has 52 heavy (non-hydrogen) atoms. The molecule has 2 fully saturated rings. The van der Waals surface area contributed by atoms with E-state index in [0.717, 1.165) is 0 Å². The molecule has 0 radical (unpaired) electrons. The lowest BCUT2D eigenvalue weighted by Gasteiger charge is -2.38. The average Bonchev–Trinajstić information content (AvgIpc) is 3.67. The van der Waals surface area contributed by atoms with Gasteiger partial charge in [-0.3, -0.25) is 33.7 Å². The fourth-order valence-electron chi connectivity index (χ4n) is 7.18. The molecule has 1 heterocycles. The van der Waals surface area contributed by atoms with Gasteiger partial charge in [0.2, 0.25) is 35.4 Å². The maximum absolute atomic E-state index is 14.2. The van der Waals surface area contributed by atoms with E-state index in [-0.39, 0.29) is 35.5 Å². The van der Waals surface area contributed by atoms with E-state index in [9.17, 15) is 33.9 Å². The third kappa shape index (κ3) is 10.9. The quantitative estimate of drug-likeness (QED) is 0.306. The first-order valence-corrected chi connectivity index (χ1v) is 19.0. The van der Waals surface area contributed by atoms with Crippen LogP contribution in [0.4, 0.5) is 0 Å². The second-order valence-electron chi connectivity index (χ2n) is 16.8. The number of carbonyl (C=O) groups is 6. The van der Waals surface area contributed by atoms with Crippen LogP contribution in [0, 0.1) is 35.5 Å². The van der Waals surface area contributed by atoms with Crippen molar-refractivity contribution in [3.8, 4) is 0 Å². The summed E-state index contributed by atoms with van der Waals surface area (Å²) < 4.78 is 0. The molecule has 0 aromatic carbocycles. The Hall–Kier alpha value is -3.26. The molecule has 4 N–H and O–H groups in total. The normalized spacial score (nSPS) is 34.4. The van der Waals surface area contributed by atoms with Gasteiger partial charge in [0.15, 0.2) is 0 Å². The Morgan fingerprint density at radius 2 is 1.04 bits per heavy atom. The van der Waals surface area contributed by atoms with E-state index in [2.05, 4.69) is 16.0 Å². The molecule has 2 rings (SSSR count). The minimum atomic E-state index is -1.29. The van der Waals surface area contributed by atoms with Crippen LogP contribution in [0.1, 0.15) is 95.4 Å². The van der Waals surface area contributed by atoms with Crippen molar-refractivity contribution >= 4 is 35.4 Å². The van der Waals surface area contributed by atoms with E-state index in [1.165, 1.54) is 33.7 Å². The van der Waals surface area contributed by atoms with Crippen LogP contribution in [0.3, 0.4) is 0 Å². The molecule has 14 heteroatoms. The van der Waals surface area contributed by atoms with Gasteiger partial charge in [-0.15, -0.1) is 0 Å². The zero-order chi connectivity index (χ0) is 40.1. The molecule has 0 bridgehead atoms. The Balaban J connectivity index is 2.69. The van der Waals surface area contributed by atoms with E-state index in [0.29, 0.717) is 19.3 Å². The second kappa shape index (κ2) is 18.7. The predicted octanol–water partition coefficient (Wildman–Crippen LogP) is 1.65. The highest BCUT2D eigenvalue weighted by Crippen LogP contribution is 2.48. The number of rotatable bonds is 7. The number of nitrogens with one attached hydrogen (secondary N) is 3. The van der Waals surface area contributed by atoms with E-state index in [1.54, 1.807) is 34.9 Å². The first-order chi connectivity index (χ1) is 23.9. The lowest BCUT2D eigenvalue weighted by Crippen LogP contribution is -2.61. The molecule has 1 aliphatic heterocycles. The molecular formula is C38H69N7O7. The maximum Gasteiger partial charge on any atom is 0.245 e. The average molecular weight is 736 g/mol. The monoisotopic (exact) mass is 736 g/mol. The number of amides is 6. The number of nitrogens with zero attached hydrogens (tertiary/aromatic N) is 4. The molecule has 10 atom stereocenters. The van der Waals surface area contributed by atoms with Gasteiger partial charge in [0.1, 0.15) is 36.4 Å². The van der Waals surface area contributed by atoms with Crippen molar-refractivity contribution in [1.29, 1.82) is 0 Å². The first-order valence-electron chi connectivity index (χ1n) is 19.0. The summed E-state index contributed by atoms with van der Waals surface area (Å²) in [6.07, 6.45) is -0.296. The summed E-state index contributed by atoms with van der Waals surface area (Å²) in [5, 5.41) is 20.4. The van der Waals surface area contributed by atoms with Crippen LogP contribution in [-0.4, -0.2) is 137 Å². The summed E-state index contributed by atoms with van der Waals surface area (Å²) in [5.41, 5.74) is 0. The molecular weight excluding hydrogens is 666 g/mol. The van der Waals surface area contributed by atoms with Crippen molar-refractivity contribution in [3.63, 3.8) is 0 Å². The lowest BCUT2D eigenvalue weighted by atomic mass is 9.98. The van der Waals surface area contributed by atoms with E-state index < -0.39 is 84.0 Å². The Labute approximate surface area is 312 Å². The van der Waals surface area contributed by atoms with Crippen molar-refractivity contribution in [3.05, 3.63) is 0 Å². The predicted molar refractivity (Wildman–Crippen MR) is 200 cm³/mol. The van der Waals surface area contributed by atoms with E-state index >= 15 is 0 Å². The Kier molecular flexibility index (Phi) is 16.1. The zero-order valence-electron chi connectivity index (χ0n) is 34.4. The molecule has 14 nitrogen and oxygen atoms in total. The number of hydrogen-bond acceptors (Lipinski definition) is 8. The molecule has 2 aliphatic rings.